The van der Waals surface area contributed by atoms with Crippen molar-refractivity contribution in [2.45, 2.75) is 13.1 Å². The highest BCUT2D eigenvalue weighted by molar-refractivity contribution is 7.17. The average Bonchev–Trinajstić information content (AvgIpc) is 3.16. The third kappa shape index (κ3) is 3.07. The van der Waals surface area contributed by atoms with Gasteiger partial charge in [-0.1, -0.05) is 17.3 Å². The second-order valence-electron chi connectivity index (χ2n) is 4.88. The summed E-state index contributed by atoms with van der Waals surface area (Å²) >= 11 is 0.595. The van der Waals surface area contributed by atoms with Crippen LogP contribution in [-0.2, 0) is 0 Å². The molecule has 9 heteroatoms. The highest BCUT2D eigenvalue weighted by Crippen LogP contribution is 2.32. The van der Waals surface area contributed by atoms with E-state index >= 15 is 0 Å². The van der Waals surface area contributed by atoms with Gasteiger partial charge in [-0.25, -0.2) is 4.39 Å². The van der Waals surface area contributed by atoms with Crippen LogP contribution in [0.4, 0.5) is 17.6 Å². The lowest BCUT2D eigenvalue weighted by Gasteiger charge is -2.00. The molecule has 0 saturated carbocycles. The summed E-state index contributed by atoms with van der Waals surface area (Å²) in [5, 5.41) is 3.68. The normalized spacial score (nSPS) is 11.7. The molecule has 3 aromatic rings. The Labute approximate surface area is 136 Å². The number of carbonyl (C=O) groups is 1. The number of hydrogen-bond acceptors (Lipinski definition) is 5. The molecular formula is C15H8F4N2O2S. The average molecular weight is 356 g/mol. The minimum atomic E-state index is -4.94. The molecule has 2 heterocycles. The first-order valence-electron chi connectivity index (χ1n) is 6.57. The maximum absolute atomic E-state index is 13.6. The molecule has 0 atom stereocenters. The van der Waals surface area contributed by atoms with Crippen LogP contribution in [-0.4, -0.2) is 22.1 Å². The first-order chi connectivity index (χ1) is 11.3. The zero-order valence-corrected chi connectivity index (χ0v) is 12.8. The molecule has 0 aliphatic carbocycles. The smallest absolute Gasteiger partial charge is 0.333 e. The molecule has 3 rings (SSSR count). The van der Waals surface area contributed by atoms with Crippen LogP contribution >= 0.6 is 11.3 Å². The number of alkyl halides is 3. The standard InChI is InChI=1S/C15H8F4N2O2S/c1-7-2-3-8(6-9(7)16)13-20-14(23-21-13)11-5-4-10(24-11)12(22)15(17,18)19/h2-6H,1H3. The fourth-order valence-corrected chi connectivity index (χ4v) is 2.78. The van der Waals surface area contributed by atoms with Gasteiger partial charge in [0.05, 0.1) is 9.75 Å². The molecule has 0 N–H and O–H groups in total. The largest absolute Gasteiger partial charge is 0.455 e. The van der Waals surface area contributed by atoms with E-state index in [0.717, 1.165) is 6.07 Å². The summed E-state index contributed by atoms with van der Waals surface area (Å²) in [6, 6.07) is 6.71. The summed E-state index contributed by atoms with van der Waals surface area (Å²) in [5.41, 5.74) is 0.826. The van der Waals surface area contributed by atoms with Crippen molar-refractivity contribution in [2.24, 2.45) is 0 Å². The van der Waals surface area contributed by atoms with Crippen LogP contribution in [0.5, 0.6) is 0 Å². The molecule has 1 aromatic carbocycles. The van der Waals surface area contributed by atoms with Crippen molar-refractivity contribution >= 4 is 17.1 Å². The SMILES string of the molecule is Cc1ccc(-c2noc(-c3ccc(C(=O)C(F)(F)F)s3)n2)cc1F. The second-order valence-corrected chi connectivity index (χ2v) is 5.96. The molecule has 0 aliphatic heterocycles. The Hall–Kier alpha value is -2.55. The van der Waals surface area contributed by atoms with Gasteiger partial charge >= 0.3 is 6.18 Å². The molecule has 4 nitrogen and oxygen atoms in total. The van der Waals surface area contributed by atoms with E-state index in [1.54, 1.807) is 19.1 Å². The minimum Gasteiger partial charge on any atom is -0.333 e. The van der Waals surface area contributed by atoms with Gasteiger partial charge in [-0.2, -0.15) is 18.2 Å². The molecule has 124 valence electrons. The zero-order valence-electron chi connectivity index (χ0n) is 12.0. The second kappa shape index (κ2) is 5.82. The number of nitrogens with zero attached hydrogens (tertiary/aromatic N) is 2. The van der Waals surface area contributed by atoms with Gasteiger partial charge in [-0.3, -0.25) is 4.79 Å². The summed E-state index contributed by atoms with van der Waals surface area (Å²) in [6.45, 7) is 1.60. The molecule has 0 fully saturated rings. The Bertz CT molecular complexity index is 914. The van der Waals surface area contributed by atoms with Gasteiger partial charge in [-0.15, -0.1) is 11.3 Å². The number of benzene rings is 1. The van der Waals surface area contributed by atoms with Gasteiger partial charge < -0.3 is 4.52 Å². The van der Waals surface area contributed by atoms with Crippen LogP contribution in [0, 0.1) is 12.7 Å². The minimum absolute atomic E-state index is 0.0443. The van der Waals surface area contributed by atoms with Crippen LogP contribution in [0.3, 0.4) is 0 Å². The number of hydrogen-bond donors (Lipinski definition) is 0. The van der Waals surface area contributed by atoms with E-state index in [1.807, 2.05) is 0 Å². The zero-order chi connectivity index (χ0) is 17.5. The third-order valence-electron chi connectivity index (χ3n) is 3.15. The van der Waals surface area contributed by atoms with E-state index in [-0.39, 0.29) is 16.6 Å². The van der Waals surface area contributed by atoms with Crippen molar-refractivity contribution in [3.05, 3.63) is 46.6 Å². The Morgan fingerprint density at radius 1 is 1.21 bits per heavy atom. The van der Waals surface area contributed by atoms with Crippen molar-refractivity contribution in [1.29, 1.82) is 0 Å². The van der Waals surface area contributed by atoms with Crippen molar-refractivity contribution in [2.75, 3.05) is 0 Å². The van der Waals surface area contributed by atoms with Crippen LogP contribution in [0.25, 0.3) is 22.2 Å². The van der Waals surface area contributed by atoms with E-state index in [9.17, 15) is 22.4 Å². The van der Waals surface area contributed by atoms with Crippen LogP contribution < -0.4 is 0 Å². The Kier molecular flexibility index (Phi) is 3.96. The number of Topliss-reactive ketones (excluding diaryl/α,β-unsaturated/α-hetero) is 1. The Balaban J connectivity index is 1.90. The lowest BCUT2D eigenvalue weighted by Crippen LogP contribution is -2.21. The van der Waals surface area contributed by atoms with Crippen molar-refractivity contribution in [3.63, 3.8) is 0 Å². The molecule has 2 aromatic heterocycles. The molecule has 0 saturated heterocycles. The monoisotopic (exact) mass is 356 g/mol. The molecule has 0 radical (unpaired) electrons. The topological polar surface area (TPSA) is 56.0 Å². The lowest BCUT2D eigenvalue weighted by molar-refractivity contribution is -0.0882. The van der Waals surface area contributed by atoms with Crippen LogP contribution in [0.15, 0.2) is 34.9 Å². The predicted octanol–water partition coefficient (Wildman–Crippen LogP) is 4.66. The Morgan fingerprint density at radius 2 is 1.96 bits per heavy atom. The first-order valence-corrected chi connectivity index (χ1v) is 7.39. The highest BCUT2D eigenvalue weighted by atomic mass is 32.1. The maximum Gasteiger partial charge on any atom is 0.455 e. The number of thiophene rings is 1. The van der Waals surface area contributed by atoms with E-state index in [0.29, 0.717) is 22.5 Å². The van der Waals surface area contributed by atoms with Gasteiger partial charge in [0.15, 0.2) is 0 Å². The van der Waals surface area contributed by atoms with Crippen molar-refractivity contribution in [1.82, 2.24) is 10.1 Å². The number of carbonyl (C=O) groups excluding carboxylic acids is 1. The lowest BCUT2D eigenvalue weighted by atomic mass is 10.1. The number of aryl methyl sites for hydroxylation is 1. The van der Waals surface area contributed by atoms with Crippen LogP contribution in [0.1, 0.15) is 15.2 Å². The van der Waals surface area contributed by atoms with Gasteiger partial charge in [0.25, 0.3) is 11.7 Å². The summed E-state index contributed by atoms with van der Waals surface area (Å²) in [7, 11) is 0. The fraction of sp³-hybridized carbons (Fsp3) is 0.133. The van der Waals surface area contributed by atoms with E-state index in [2.05, 4.69) is 10.1 Å². The highest BCUT2D eigenvalue weighted by Gasteiger charge is 2.40. The summed E-state index contributed by atoms with van der Waals surface area (Å²) < 4.78 is 55.8. The summed E-state index contributed by atoms with van der Waals surface area (Å²) in [5.74, 6) is -2.31. The van der Waals surface area contributed by atoms with Gasteiger partial charge in [-0.05, 0) is 30.7 Å². The molecule has 0 amide bonds. The molecule has 0 spiro atoms. The van der Waals surface area contributed by atoms with Gasteiger partial charge in [0.1, 0.15) is 5.82 Å². The number of halogens is 4. The number of ketones is 1. The molecular weight excluding hydrogens is 348 g/mol. The van der Waals surface area contributed by atoms with E-state index in [4.69, 9.17) is 4.52 Å². The number of aromatic nitrogens is 2. The van der Waals surface area contributed by atoms with Gasteiger partial charge in [0, 0.05) is 5.56 Å². The molecule has 0 bridgehead atoms. The summed E-state index contributed by atoms with van der Waals surface area (Å²) in [6.07, 6.45) is -4.94. The van der Waals surface area contributed by atoms with E-state index < -0.39 is 22.7 Å². The van der Waals surface area contributed by atoms with Crippen LogP contribution in [0.2, 0.25) is 0 Å². The fourth-order valence-electron chi connectivity index (χ4n) is 1.89. The number of rotatable bonds is 3. The maximum atomic E-state index is 13.6. The first kappa shape index (κ1) is 16.3. The molecule has 0 aliphatic rings. The third-order valence-corrected chi connectivity index (χ3v) is 4.23. The van der Waals surface area contributed by atoms with Crippen molar-refractivity contribution < 1.29 is 26.9 Å². The van der Waals surface area contributed by atoms with Crippen molar-refractivity contribution in [3.8, 4) is 22.2 Å². The summed E-state index contributed by atoms with van der Waals surface area (Å²) in [4.78, 5) is 15.0. The Morgan fingerprint density at radius 3 is 2.62 bits per heavy atom. The quantitative estimate of drug-likeness (QED) is 0.506. The molecule has 24 heavy (non-hydrogen) atoms. The van der Waals surface area contributed by atoms with Gasteiger partial charge in [0.2, 0.25) is 5.82 Å². The predicted molar refractivity (Wildman–Crippen MR) is 78.1 cm³/mol. The van der Waals surface area contributed by atoms with E-state index in [1.165, 1.54) is 12.1 Å². The molecule has 0 unspecified atom stereocenters.